The Kier molecular flexibility index (Phi) is 11.9. The lowest BCUT2D eigenvalue weighted by atomic mass is 9.57. The number of piperazine rings is 1. The van der Waals surface area contributed by atoms with Crippen molar-refractivity contribution in [2.45, 2.75) is 88.1 Å². The summed E-state index contributed by atoms with van der Waals surface area (Å²) in [5.74, 6) is 2.18. The number of hydrogen-bond donors (Lipinski definition) is 3. The standard InChI is InChI=1S/C56H62F2N10O4/c1-4-40-45(57)12-8-36-20-39(70)22-43(47(36)40)50-48(58)51-44(25-60-50)52(68-27-37-9-10-38(28-68)61-37)63-54(62-51)72-32-55(15-16-55)29-67-30-56(31-67)23-33(24-56)26-66-17-13-34(14-18-66)35-7-11-41-46(21-35)65(3)64-49(41)42(6-5-19-69)53(71)59-2/h1,7-8,11-12,19-22,25,33-34,37-38,42,61,70H,5-6,9-10,13-18,23-24,26-32H2,2-3H3,(H,59,71). The molecule has 7 heterocycles. The summed E-state index contributed by atoms with van der Waals surface area (Å²) < 4.78 is 40.6. The molecule has 14 nitrogen and oxygen atoms in total. The number of phenols is 1. The van der Waals surface area contributed by atoms with Crippen molar-refractivity contribution in [3.63, 3.8) is 0 Å². The Morgan fingerprint density at radius 3 is 2.53 bits per heavy atom. The van der Waals surface area contributed by atoms with E-state index < -0.39 is 17.6 Å². The van der Waals surface area contributed by atoms with Crippen LogP contribution in [0, 0.1) is 40.7 Å². The van der Waals surface area contributed by atoms with Crippen molar-refractivity contribution in [1.82, 2.24) is 45.2 Å². The predicted molar refractivity (Wildman–Crippen MR) is 272 cm³/mol. The maximum atomic E-state index is 17.1. The van der Waals surface area contributed by atoms with E-state index in [9.17, 15) is 14.7 Å². The van der Waals surface area contributed by atoms with Gasteiger partial charge in [-0.05, 0) is 123 Å². The second-order valence-corrected chi connectivity index (χ2v) is 22.2. The number of amides is 1. The Hall–Kier alpha value is -6.28. The molecule has 6 fully saturated rings. The maximum absolute atomic E-state index is 17.1. The molecule has 16 heteroatoms. The molecule has 1 amide bonds. The molecule has 72 heavy (non-hydrogen) atoms. The first-order chi connectivity index (χ1) is 34.9. The molecule has 374 valence electrons. The molecule has 1 spiro atoms. The van der Waals surface area contributed by atoms with Gasteiger partial charge in [0.2, 0.25) is 5.91 Å². The number of likely N-dealkylation sites (tertiary alicyclic amines) is 2. The van der Waals surface area contributed by atoms with Crippen LogP contribution in [0.2, 0.25) is 0 Å². The summed E-state index contributed by atoms with van der Waals surface area (Å²) in [6.45, 7) is 8.40. The Morgan fingerprint density at radius 2 is 1.81 bits per heavy atom. The quantitative estimate of drug-likeness (QED) is 0.0705. The number of carbonyl (C=O) groups is 2. The van der Waals surface area contributed by atoms with Crippen LogP contribution in [-0.2, 0) is 16.6 Å². The minimum atomic E-state index is -0.717. The first-order valence-corrected chi connectivity index (χ1v) is 25.9. The number of aromatic nitrogens is 5. The van der Waals surface area contributed by atoms with Gasteiger partial charge in [-0.25, -0.2) is 8.78 Å². The molecule has 3 aromatic carbocycles. The number of fused-ring (bicyclic) bond motifs is 5. The number of aryl methyl sites for hydroxylation is 1. The molecular formula is C56H62F2N10O4. The van der Waals surface area contributed by atoms with Gasteiger partial charge in [0, 0.05) is 99.8 Å². The number of nitrogens with zero attached hydrogens (tertiary/aromatic N) is 8. The van der Waals surface area contributed by atoms with E-state index in [2.05, 4.69) is 54.4 Å². The van der Waals surface area contributed by atoms with Crippen molar-refractivity contribution in [2.24, 2.45) is 23.8 Å². The maximum Gasteiger partial charge on any atom is 0.319 e. The predicted octanol–water partition coefficient (Wildman–Crippen LogP) is 7.20. The molecule has 2 bridgehead atoms. The second kappa shape index (κ2) is 18.3. The summed E-state index contributed by atoms with van der Waals surface area (Å²) >= 11 is 0. The van der Waals surface area contributed by atoms with Crippen molar-refractivity contribution in [3.8, 4) is 35.4 Å². The highest BCUT2D eigenvalue weighted by atomic mass is 19.1. The number of phenolic OH excluding ortho intramolecular Hbond substituents is 1. The Labute approximate surface area is 417 Å². The van der Waals surface area contributed by atoms with Crippen LogP contribution >= 0.6 is 0 Å². The molecule has 3 unspecified atom stereocenters. The average Bonchev–Trinajstić information content (AvgIpc) is 3.95. The van der Waals surface area contributed by atoms with Crippen LogP contribution in [0.5, 0.6) is 11.8 Å². The molecule has 4 saturated heterocycles. The molecule has 3 N–H and O–H groups in total. The van der Waals surface area contributed by atoms with Crippen LogP contribution in [0.4, 0.5) is 14.6 Å². The average molecular weight is 977 g/mol. The fourth-order valence-corrected chi connectivity index (χ4v) is 13.4. The number of nitrogens with one attached hydrogen (secondary N) is 2. The molecule has 0 radical (unpaired) electrons. The fraction of sp³-hybridized carbons (Fsp3) is 0.500. The van der Waals surface area contributed by atoms with Crippen LogP contribution < -0.4 is 20.3 Å². The summed E-state index contributed by atoms with van der Waals surface area (Å²) in [5, 5.41) is 24.1. The van der Waals surface area contributed by atoms with Gasteiger partial charge in [0.25, 0.3) is 0 Å². The van der Waals surface area contributed by atoms with E-state index >= 15 is 8.78 Å². The number of pyridine rings is 1. The molecule has 2 saturated carbocycles. The topological polar surface area (TPSA) is 154 Å². The SMILES string of the molecule is C#Cc1c(F)ccc2cc(O)cc(-c3ncc4c(N5CC6CCC(C5)N6)nc(OCC5(CN6CC7(CC(CN8CCC(c9ccc%10c(C(CCC=O)C(=O)NC)nn(C)c%10c9)CC8)C7)C6)CC5)nc4c3F)c12. The van der Waals surface area contributed by atoms with E-state index in [1.165, 1.54) is 42.7 Å². The van der Waals surface area contributed by atoms with E-state index in [0.29, 0.717) is 64.8 Å². The molecule has 12 rings (SSSR count). The number of rotatable bonds is 15. The highest BCUT2D eigenvalue weighted by Crippen LogP contribution is 2.55. The first kappa shape index (κ1) is 46.8. The van der Waals surface area contributed by atoms with Crippen molar-refractivity contribution < 1.29 is 28.2 Å². The number of halogens is 2. The third-order valence-corrected chi connectivity index (χ3v) is 17.1. The van der Waals surface area contributed by atoms with Gasteiger partial charge in [-0.2, -0.15) is 15.1 Å². The molecule has 2 aliphatic carbocycles. The summed E-state index contributed by atoms with van der Waals surface area (Å²) in [4.78, 5) is 45.7. The summed E-state index contributed by atoms with van der Waals surface area (Å²) in [5.41, 5.74) is 3.61. The fourth-order valence-electron chi connectivity index (χ4n) is 13.4. The van der Waals surface area contributed by atoms with E-state index in [1.54, 1.807) is 13.2 Å². The van der Waals surface area contributed by atoms with E-state index in [0.717, 1.165) is 120 Å². The molecular weight excluding hydrogens is 915 g/mol. The van der Waals surface area contributed by atoms with Crippen molar-refractivity contribution in [2.75, 3.05) is 70.9 Å². The van der Waals surface area contributed by atoms with E-state index in [4.69, 9.17) is 26.2 Å². The number of aldehydes is 1. The van der Waals surface area contributed by atoms with Gasteiger partial charge >= 0.3 is 6.01 Å². The van der Waals surface area contributed by atoms with Gasteiger partial charge in [-0.1, -0.05) is 24.1 Å². The number of carbonyl (C=O) groups excluding carboxylic acids is 2. The van der Waals surface area contributed by atoms with Gasteiger partial charge in [0.1, 0.15) is 34.9 Å². The first-order valence-electron chi connectivity index (χ1n) is 25.9. The highest BCUT2D eigenvalue weighted by Gasteiger charge is 2.55. The Balaban J connectivity index is 0.675. The summed E-state index contributed by atoms with van der Waals surface area (Å²) in [6.07, 6.45) is 18.0. The lowest BCUT2D eigenvalue weighted by Gasteiger charge is -2.60. The van der Waals surface area contributed by atoms with Crippen LogP contribution in [0.25, 0.3) is 43.8 Å². The second-order valence-electron chi connectivity index (χ2n) is 22.2. The zero-order valence-electron chi connectivity index (χ0n) is 41.1. The molecule has 4 aliphatic heterocycles. The van der Waals surface area contributed by atoms with Gasteiger partial charge in [-0.15, -0.1) is 6.42 Å². The number of ether oxygens (including phenoxy) is 1. The van der Waals surface area contributed by atoms with Gasteiger partial charge in [0.15, 0.2) is 5.82 Å². The highest BCUT2D eigenvalue weighted by molar-refractivity contribution is 6.03. The van der Waals surface area contributed by atoms with Gasteiger partial charge in [0.05, 0.1) is 34.7 Å². The van der Waals surface area contributed by atoms with Crippen molar-refractivity contribution in [3.05, 3.63) is 77.1 Å². The zero-order chi connectivity index (χ0) is 49.5. The minimum Gasteiger partial charge on any atom is -0.508 e. The van der Waals surface area contributed by atoms with Crippen LogP contribution in [-0.4, -0.2) is 130 Å². The molecule has 6 aromatic rings. The number of likely N-dealkylation sites (N-methyl/N-ethyl adjacent to an activating group) is 1. The number of benzene rings is 3. The van der Waals surface area contributed by atoms with Crippen molar-refractivity contribution in [1.29, 1.82) is 0 Å². The van der Waals surface area contributed by atoms with Crippen LogP contribution in [0.3, 0.4) is 0 Å². The normalized spacial score (nSPS) is 22.2. The summed E-state index contributed by atoms with van der Waals surface area (Å²) in [6, 6.07) is 12.9. The lowest BCUT2D eigenvalue weighted by molar-refractivity contribution is -0.122. The smallest absolute Gasteiger partial charge is 0.319 e. The van der Waals surface area contributed by atoms with Gasteiger partial charge in [-0.3, -0.25) is 14.5 Å². The van der Waals surface area contributed by atoms with E-state index in [1.807, 2.05) is 11.7 Å². The van der Waals surface area contributed by atoms with Crippen LogP contribution in [0.1, 0.15) is 92.9 Å². The molecule has 6 aliphatic rings. The summed E-state index contributed by atoms with van der Waals surface area (Å²) in [7, 11) is 3.56. The largest absolute Gasteiger partial charge is 0.508 e. The van der Waals surface area contributed by atoms with Crippen molar-refractivity contribution >= 4 is 50.6 Å². The zero-order valence-corrected chi connectivity index (χ0v) is 41.1. The lowest BCUT2D eigenvalue weighted by Crippen LogP contribution is -2.64. The van der Waals surface area contributed by atoms with Gasteiger partial charge < -0.3 is 40.0 Å². The third-order valence-electron chi connectivity index (χ3n) is 17.1. The molecule has 3 atom stereocenters. The number of terminal acetylenes is 1. The Morgan fingerprint density at radius 1 is 1.03 bits per heavy atom. The van der Waals surface area contributed by atoms with Crippen LogP contribution in [0.15, 0.2) is 48.7 Å². The monoisotopic (exact) mass is 976 g/mol. The number of piperidine rings is 1. The molecule has 3 aromatic heterocycles. The number of hydrogen-bond acceptors (Lipinski definition) is 12. The number of anilines is 1. The van der Waals surface area contributed by atoms with E-state index in [-0.39, 0.29) is 45.4 Å². The minimum absolute atomic E-state index is 0.00546. The third kappa shape index (κ3) is 8.50. The Bertz CT molecular complexity index is 3150. The number of aromatic hydroxyl groups is 1.